The molecule has 1 aliphatic rings. The standard InChI is InChI=1S/C24H25NO5S/c26-24(27)17-22(30-20-9-2-1-3-10-20)19-13-15-25(16-14-19)31(28,29)23-12-6-8-18-7-4-5-11-21(18)23/h1-12,19,22H,13-17H2,(H,26,27). The second-order valence-corrected chi connectivity index (χ2v) is 9.69. The van der Waals surface area contributed by atoms with Gasteiger partial charge in [0.15, 0.2) is 0 Å². The summed E-state index contributed by atoms with van der Waals surface area (Å²) in [6.45, 7) is 0.676. The lowest BCUT2D eigenvalue weighted by Crippen LogP contribution is -2.43. The summed E-state index contributed by atoms with van der Waals surface area (Å²) in [5, 5.41) is 10.9. The van der Waals surface area contributed by atoms with Gasteiger partial charge in [0.1, 0.15) is 11.9 Å². The van der Waals surface area contributed by atoms with Crippen molar-refractivity contribution in [2.24, 2.45) is 5.92 Å². The molecule has 0 amide bonds. The molecular weight excluding hydrogens is 414 g/mol. The molecule has 3 aromatic carbocycles. The average molecular weight is 440 g/mol. The van der Waals surface area contributed by atoms with E-state index in [9.17, 15) is 18.3 Å². The van der Waals surface area contributed by atoms with Crippen LogP contribution in [0.1, 0.15) is 19.3 Å². The van der Waals surface area contributed by atoms with Crippen LogP contribution in [0, 0.1) is 5.92 Å². The third kappa shape index (κ3) is 4.73. The summed E-state index contributed by atoms with van der Waals surface area (Å²) in [7, 11) is -3.64. The van der Waals surface area contributed by atoms with Crippen molar-refractivity contribution in [2.75, 3.05) is 13.1 Å². The van der Waals surface area contributed by atoms with E-state index in [2.05, 4.69) is 0 Å². The molecule has 1 aliphatic heterocycles. The van der Waals surface area contributed by atoms with E-state index in [-0.39, 0.29) is 12.3 Å². The summed E-state index contributed by atoms with van der Waals surface area (Å²) in [6.07, 6.45) is 0.487. The smallest absolute Gasteiger partial charge is 0.307 e. The highest BCUT2D eigenvalue weighted by Gasteiger charge is 2.35. The summed E-state index contributed by atoms with van der Waals surface area (Å²) in [6, 6.07) is 21.9. The topological polar surface area (TPSA) is 83.9 Å². The number of ether oxygens (including phenoxy) is 1. The van der Waals surface area contributed by atoms with E-state index in [4.69, 9.17) is 4.74 Å². The van der Waals surface area contributed by atoms with E-state index in [0.29, 0.717) is 42.0 Å². The number of hydrogen-bond acceptors (Lipinski definition) is 4. The van der Waals surface area contributed by atoms with Gasteiger partial charge in [-0.15, -0.1) is 0 Å². The van der Waals surface area contributed by atoms with Gasteiger partial charge >= 0.3 is 5.97 Å². The number of carboxylic acids is 1. The summed E-state index contributed by atoms with van der Waals surface area (Å²) in [5.74, 6) is -0.332. The van der Waals surface area contributed by atoms with E-state index < -0.39 is 22.1 Å². The first kappa shape index (κ1) is 21.3. The second kappa shape index (κ2) is 9.08. The monoisotopic (exact) mass is 439 g/mol. The molecule has 1 unspecified atom stereocenters. The van der Waals surface area contributed by atoms with Gasteiger partial charge in [0, 0.05) is 18.5 Å². The SMILES string of the molecule is O=C(O)CC(Oc1ccccc1)C1CCN(S(=O)(=O)c2cccc3ccccc23)CC1. The van der Waals surface area contributed by atoms with Gasteiger partial charge in [-0.2, -0.15) is 4.31 Å². The zero-order valence-electron chi connectivity index (χ0n) is 17.1. The fraction of sp³-hybridized carbons (Fsp3) is 0.292. The first-order chi connectivity index (χ1) is 14.9. The molecule has 0 aliphatic carbocycles. The van der Waals surface area contributed by atoms with Crippen molar-refractivity contribution in [3.8, 4) is 5.75 Å². The maximum absolute atomic E-state index is 13.3. The number of carboxylic acid groups (broad SMARTS) is 1. The molecule has 1 atom stereocenters. The highest BCUT2D eigenvalue weighted by atomic mass is 32.2. The number of aliphatic carboxylic acids is 1. The molecule has 1 saturated heterocycles. The van der Waals surface area contributed by atoms with Crippen LogP contribution in [0.3, 0.4) is 0 Å². The van der Waals surface area contributed by atoms with E-state index >= 15 is 0 Å². The lowest BCUT2D eigenvalue weighted by Gasteiger charge is -2.35. The van der Waals surface area contributed by atoms with E-state index in [1.165, 1.54) is 4.31 Å². The molecule has 0 aromatic heterocycles. The van der Waals surface area contributed by atoms with E-state index in [0.717, 1.165) is 5.39 Å². The van der Waals surface area contributed by atoms with Crippen molar-refractivity contribution in [2.45, 2.75) is 30.3 Å². The van der Waals surface area contributed by atoms with Crippen LogP contribution in [-0.2, 0) is 14.8 Å². The Balaban J connectivity index is 1.50. The molecule has 3 aromatic rings. The van der Waals surface area contributed by atoms with Crippen molar-refractivity contribution in [3.63, 3.8) is 0 Å². The third-order valence-electron chi connectivity index (χ3n) is 5.80. The molecule has 162 valence electrons. The quantitative estimate of drug-likeness (QED) is 0.598. The number of piperidine rings is 1. The Bertz CT molecular complexity index is 1150. The number of rotatable bonds is 7. The average Bonchev–Trinajstić information content (AvgIpc) is 2.79. The second-order valence-electron chi connectivity index (χ2n) is 7.79. The summed E-state index contributed by atoms with van der Waals surface area (Å²) >= 11 is 0. The molecule has 0 radical (unpaired) electrons. The van der Waals surface area contributed by atoms with Crippen LogP contribution in [0.25, 0.3) is 10.8 Å². The van der Waals surface area contributed by atoms with Crippen LogP contribution in [0.15, 0.2) is 77.7 Å². The molecule has 6 nitrogen and oxygen atoms in total. The first-order valence-electron chi connectivity index (χ1n) is 10.4. The number of carbonyl (C=O) groups is 1. The molecule has 0 saturated carbocycles. The molecular formula is C24H25NO5S. The van der Waals surface area contributed by atoms with Crippen molar-refractivity contribution in [1.82, 2.24) is 4.31 Å². The summed E-state index contributed by atoms with van der Waals surface area (Å²) in [4.78, 5) is 11.7. The number of para-hydroxylation sites is 1. The van der Waals surface area contributed by atoms with Crippen molar-refractivity contribution < 1.29 is 23.1 Å². The summed E-state index contributed by atoms with van der Waals surface area (Å²) in [5.41, 5.74) is 0. The molecule has 1 heterocycles. The van der Waals surface area contributed by atoms with Crippen molar-refractivity contribution in [3.05, 3.63) is 72.8 Å². The largest absolute Gasteiger partial charge is 0.490 e. The Morgan fingerprint density at radius 2 is 1.61 bits per heavy atom. The maximum Gasteiger partial charge on any atom is 0.307 e. The van der Waals surface area contributed by atoms with Gasteiger partial charge in [-0.25, -0.2) is 8.42 Å². The zero-order chi connectivity index (χ0) is 21.8. The Morgan fingerprint density at radius 3 is 2.32 bits per heavy atom. The Hall–Kier alpha value is -2.90. The highest BCUT2D eigenvalue weighted by molar-refractivity contribution is 7.89. The minimum atomic E-state index is -3.64. The van der Waals surface area contributed by atoms with Gasteiger partial charge in [0.25, 0.3) is 0 Å². The maximum atomic E-state index is 13.3. The van der Waals surface area contributed by atoms with Gasteiger partial charge in [-0.1, -0.05) is 54.6 Å². The van der Waals surface area contributed by atoms with Crippen molar-refractivity contribution >= 4 is 26.8 Å². The van der Waals surface area contributed by atoms with Crippen molar-refractivity contribution in [1.29, 1.82) is 0 Å². The molecule has 0 spiro atoms. The van der Waals surface area contributed by atoms with Crippen LogP contribution in [-0.4, -0.2) is 43.0 Å². The minimum Gasteiger partial charge on any atom is -0.490 e. The number of sulfonamides is 1. The predicted molar refractivity (Wildman–Crippen MR) is 119 cm³/mol. The van der Waals surface area contributed by atoms with Gasteiger partial charge in [-0.05, 0) is 42.3 Å². The van der Waals surface area contributed by atoms with Crippen LogP contribution >= 0.6 is 0 Å². The molecule has 4 rings (SSSR count). The van der Waals surface area contributed by atoms with Crippen LogP contribution in [0.4, 0.5) is 0 Å². The molecule has 1 fully saturated rings. The van der Waals surface area contributed by atoms with Gasteiger partial charge in [0.2, 0.25) is 10.0 Å². The van der Waals surface area contributed by atoms with Crippen LogP contribution in [0.5, 0.6) is 5.75 Å². The van der Waals surface area contributed by atoms with Crippen LogP contribution < -0.4 is 4.74 Å². The molecule has 31 heavy (non-hydrogen) atoms. The number of nitrogens with zero attached hydrogens (tertiary/aromatic N) is 1. The van der Waals surface area contributed by atoms with E-state index in [1.54, 1.807) is 24.3 Å². The predicted octanol–water partition coefficient (Wildman–Crippen LogP) is 4.16. The normalized spacial score (nSPS) is 16.8. The number of fused-ring (bicyclic) bond motifs is 1. The Kier molecular flexibility index (Phi) is 6.25. The van der Waals surface area contributed by atoms with Gasteiger partial charge in [0.05, 0.1) is 11.3 Å². The number of hydrogen-bond donors (Lipinski definition) is 1. The van der Waals surface area contributed by atoms with Gasteiger partial charge < -0.3 is 9.84 Å². The lowest BCUT2D eigenvalue weighted by molar-refractivity contribution is -0.139. The lowest BCUT2D eigenvalue weighted by atomic mass is 9.90. The fourth-order valence-electron chi connectivity index (χ4n) is 4.20. The Morgan fingerprint density at radius 1 is 0.968 bits per heavy atom. The minimum absolute atomic E-state index is 0.0322. The summed E-state index contributed by atoms with van der Waals surface area (Å²) < 4.78 is 34.2. The molecule has 7 heteroatoms. The van der Waals surface area contributed by atoms with Gasteiger partial charge in [-0.3, -0.25) is 4.79 Å². The third-order valence-corrected chi connectivity index (χ3v) is 7.76. The first-order valence-corrected chi connectivity index (χ1v) is 11.8. The number of benzene rings is 3. The fourth-order valence-corrected chi connectivity index (χ4v) is 5.88. The van der Waals surface area contributed by atoms with E-state index in [1.807, 2.05) is 48.5 Å². The highest BCUT2D eigenvalue weighted by Crippen LogP contribution is 2.31. The Labute approximate surface area is 182 Å². The van der Waals surface area contributed by atoms with Crippen LogP contribution in [0.2, 0.25) is 0 Å². The zero-order valence-corrected chi connectivity index (χ0v) is 17.9. The molecule has 0 bridgehead atoms. The molecule has 1 N–H and O–H groups in total.